The summed E-state index contributed by atoms with van der Waals surface area (Å²) in [6.07, 6.45) is 3.83. The van der Waals surface area contributed by atoms with Gasteiger partial charge in [0, 0.05) is 45.0 Å². The zero-order valence-corrected chi connectivity index (χ0v) is 20.5. The van der Waals surface area contributed by atoms with Gasteiger partial charge >= 0.3 is 0 Å². The maximum absolute atomic E-state index is 13.8. The zero-order chi connectivity index (χ0) is 23.6. The fourth-order valence-electron chi connectivity index (χ4n) is 4.81. The first-order valence-electron chi connectivity index (χ1n) is 11.8. The number of sulfonamides is 1. The molecule has 0 spiro atoms. The number of benzene rings is 1. The lowest BCUT2D eigenvalue weighted by Gasteiger charge is -2.32. The van der Waals surface area contributed by atoms with Crippen molar-refractivity contribution >= 4 is 21.6 Å². The molecule has 2 aliphatic rings. The maximum Gasteiger partial charge on any atom is 0.256 e. The first-order valence-corrected chi connectivity index (χ1v) is 13.3. The molecule has 0 aliphatic carbocycles. The summed E-state index contributed by atoms with van der Waals surface area (Å²) in [6.45, 7) is 9.02. The molecule has 33 heavy (non-hydrogen) atoms. The second-order valence-electron chi connectivity index (χ2n) is 8.73. The van der Waals surface area contributed by atoms with Crippen molar-refractivity contribution in [2.24, 2.45) is 0 Å². The number of amides is 1. The number of aromatic nitrogens is 2. The molecule has 2 aromatic rings. The van der Waals surface area contributed by atoms with Crippen LogP contribution in [0.25, 0.3) is 0 Å². The smallest absolute Gasteiger partial charge is 0.256 e. The lowest BCUT2D eigenvalue weighted by molar-refractivity contribution is 0.0696. The van der Waals surface area contributed by atoms with Crippen LogP contribution in [-0.2, 0) is 10.0 Å². The van der Waals surface area contributed by atoms with Crippen LogP contribution in [0.15, 0.2) is 27.6 Å². The molecule has 9 nitrogen and oxygen atoms in total. The summed E-state index contributed by atoms with van der Waals surface area (Å²) in [5, 5.41) is 3.89. The minimum atomic E-state index is -3.67. The van der Waals surface area contributed by atoms with Gasteiger partial charge in [-0.25, -0.2) is 8.42 Å². The second-order valence-corrected chi connectivity index (χ2v) is 10.7. The van der Waals surface area contributed by atoms with Crippen molar-refractivity contribution in [3.05, 3.63) is 35.5 Å². The Hall–Kier alpha value is -2.46. The topological polar surface area (TPSA) is 99.9 Å². The molecule has 2 aliphatic heterocycles. The molecule has 1 aromatic heterocycles. The fourth-order valence-corrected chi connectivity index (χ4v) is 6.29. The minimum absolute atomic E-state index is 0.0123. The van der Waals surface area contributed by atoms with E-state index in [1.807, 2.05) is 13.8 Å². The summed E-state index contributed by atoms with van der Waals surface area (Å²) in [5.41, 5.74) is 1.26. The number of hydrogen-bond acceptors (Lipinski definition) is 7. The lowest BCUT2D eigenvalue weighted by atomic mass is 9.97. The van der Waals surface area contributed by atoms with Crippen LogP contribution in [-0.4, -0.2) is 72.9 Å². The van der Waals surface area contributed by atoms with E-state index in [0.29, 0.717) is 43.5 Å². The number of likely N-dealkylation sites (tertiary alicyclic amines) is 1. The van der Waals surface area contributed by atoms with E-state index >= 15 is 0 Å². The van der Waals surface area contributed by atoms with Gasteiger partial charge in [-0.3, -0.25) is 4.79 Å². The van der Waals surface area contributed by atoms with Crippen LogP contribution in [0.3, 0.4) is 0 Å². The summed E-state index contributed by atoms with van der Waals surface area (Å²) in [6, 6.07) is 5.01. The van der Waals surface area contributed by atoms with Crippen LogP contribution < -0.4 is 4.90 Å². The van der Waals surface area contributed by atoms with E-state index in [-0.39, 0.29) is 16.7 Å². The third-order valence-corrected chi connectivity index (χ3v) is 8.64. The number of rotatable bonds is 7. The zero-order valence-electron chi connectivity index (χ0n) is 19.7. The van der Waals surface area contributed by atoms with Crippen LogP contribution >= 0.6 is 0 Å². The Bertz CT molecular complexity index is 1090. The van der Waals surface area contributed by atoms with Crippen LogP contribution in [0.5, 0.6) is 0 Å². The van der Waals surface area contributed by atoms with Gasteiger partial charge in [0.15, 0.2) is 5.82 Å². The Kier molecular flexibility index (Phi) is 7.04. The molecule has 1 atom stereocenters. The highest BCUT2D eigenvalue weighted by Gasteiger charge is 2.32. The number of carbonyl (C=O) groups excluding carboxylic acids is 1. The second kappa shape index (κ2) is 9.80. The van der Waals surface area contributed by atoms with Crippen LogP contribution in [0.2, 0.25) is 0 Å². The SMILES string of the molecule is CCN(CC)S(=O)(=O)c1ccc(N2CCCC2)c(C(=O)N2CCCC(c3nc(C)no3)C2)c1. The molecule has 4 rings (SSSR count). The van der Waals surface area contributed by atoms with Crippen molar-refractivity contribution in [2.45, 2.75) is 57.3 Å². The molecule has 0 radical (unpaired) electrons. The highest BCUT2D eigenvalue weighted by Crippen LogP contribution is 2.32. The number of aryl methyl sites for hydroxylation is 1. The molecule has 10 heteroatoms. The third-order valence-electron chi connectivity index (χ3n) is 6.59. The highest BCUT2D eigenvalue weighted by molar-refractivity contribution is 7.89. The van der Waals surface area contributed by atoms with E-state index in [9.17, 15) is 13.2 Å². The van der Waals surface area contributed by atoms with Gasteiger partial charge in [-0.15, -0.1) is 0 Å². The van der Waals surface area contributed by atoms with Crippen LogP contribution in [0.1, 0.15) is 67.5 Å². The molecule has 2 fully saturated rings. The molecule has 180 valence electrons. The molecule has 1 amide bonds. The van der Waals surface area contributed by atoms with Crippen molar-refractivity contribution in [3.63, 3.8) is 0 Å². The van der Waals surface area contributed by atoms with Gasteiger partial charge in [0.1, 0.15) is 0 Å². The van der Waals surface area contributed by atoms with E-state index in [1.54, 1.807) is 30.0 Å². The number of nitrogens with zero attached hydrogens (tertiary/aromatic N) is 5. The van der Waals surface area contributed by atoms with Crippen molar-refractivity contribution < 1.29 is 17.7 Å². The standard InChI is InChI=1S/C23H33N5O4S/c1-4-28(5-2)33(30,31)19-10-11-21(26-12-6-7-13-26)20(15-19)23(29)27-14-8-9-18(16-27)22-24-17(3)25-32-22/h10-11,15,18H,4-9,12-14,16H2,1-3H3. The van der Waals surface area contributed by atoms with Gasteiger partial charge in [-0.1, -0.05) is 19.0 Å². The molecule has 2 saturated heterocycles. The predicted octanol–water partition coefficient (Wildman–Crippen LogP) is 3.03. The van der Waals surface area contributed by atoms with E-state index in [4.69, 9.17) is 4.52 Å². The Morgan fingerprint density at radius 1 is 1.15 bits per heavy atom. The summed E-state index contributed by atoms with van der Waals surface area (Å²) < 4.78 is 33.1. The quantitative estimate of drug-likeness (QED) is 0.607. The Morgan fingerprint density at radius 2 is 1.88 bits per heavy atom. The highest BCUT2D eigenvalue weighted by atomic mass is 32.2. The largest absolute Gasteiger partial charge is 0.371 e. The summed E-state index contributed by atoms with van der Waals surface area (Å²) in [4.78, 5) is 22.3. The van der Waals surface area contributed by atoms with Crippen molar-refractivity contribution in [1.29, 1.82) is 0 Å². The molecule has 0 saturated carbocycles. The Balaban J connectivity index is 1.68. The lowest BCUT2D eigenvalue weighted by Crippen LogP contribution is -2.40. The van der Waals surface area contributed by atoms with Gasteiger partial charge < -0.3 is 14.3 Å². The van der Waals surface area contributed by atoms with E-state index in [2.05, 4.69) is 15.0 Å². The van der Waals surface area contributed by atoms with Crippen LogP contribution in [0, 0.1) is 6.92 Å². The van der Waals surface area contributed by atoms with Gasteiger partial charge in [-0.05, 0) is 50.8 Å². The Morgan fingerprint density at radius 3 is 2.52 bits per heavy atom. The first kappa shape index (κ1) is 23.7. The summed E-state index contributed by atoms with van der Waals surface area (Å²) >= 11 is 0. The van der Waals surface area contributed by atoms with Gasteiger partial charge in [0.2, 0.25) is 15.9 Å². The van der Waals surface area contributed by atoms with Crippen molar-refractivity contribution in [2.75, 3.05) is 44.2 Å². The van der Waals surface area contributed by atoms with Gasteiger partial charge in [-0.2, -0.15) is 9.29 Å². The monoisotopic (exact) mass is 475 g/mol. The molecule has 0 bridgehead atoms. The van der Waals surface area contributed by atoms with E-state index < -0.39 is 10.0 Å². The summed E-state index contributed by atoms with van der Waals surface area (Å²) in [5.74, 6) is 0.984. The predicted molar refractivity (Wildman–Crippen MR) is 125 cm³/mol. The van der Waals surface area contributed by atoms with E-state index in [1.165, 1.54) is 4.31 Å². The van der Waals surface area contributed by atoms with E-state index in [0.717, 1.165) is 44.5 Å². The number of anilines is 1. The molecule has 0 N–H and O–H groups in total. The molecular weight excluding hydrogens is 442 g/mol. The average molecular weight is 476 g/mol. The first-order chi connectivity index (χ1) is 15.8. The van der Waals surface area contributed by atoms with Crippen molar-refractivity contribution in [1.82, 2.24) is 19.3 Å². The number of hydrogen-bond donors (Lipinski definition) is 0. The molecule has 3 heterocycles. The number of carbonyl (C=O) groups is 1. The Labute approximate surface area is 195 Å². The van der Waals surface area contributed by atoms with Gasteiger partial charge in [0.05, 0.1) is 16.4 Å². The number of piperidine rings is 1. The fraction of sp³-hybridized carbons (Fsp3) is 0.609. The van der Waals surface area contributed by atoms with Crippen molar-refractivity contribution in [3.8, 4) is 0 Å². The minimum Gasteiger partial charge on any atom is -0.371 e. The van der Waals surface area contributed by atoms with Gasteiger partial charge in [0.25, 0.3) is 5.91 Å². The molecule has 1 aromatic carbocycles. The normalized spacial score (nSPS) is 19.5. The van der Waals surface area contributed by atoms with Crippen LogP contribution in [0.4, 0.5) is 5.69 Å². The third kappa shape index (κ3) is 4.77. The summed E-state index contributed by atoms with van der Waals surface area (Å²) in [7, 11) is -3.67. The maximum atomic E-state index is 13.8. The molecular formula is C23H33N5O4S. The average Bonchev–Trinajstić information content (AvgIpc) is 3.51. The molecule has 1 unspecified atom stereocenters.